The van der Waals surface area contributed by atoms with Gasteiger partial charge < -0.3 is 4.90 Å². The van der Waals surface area contributed by atoms with E-state index in [4.69, 9.17) is 9.97 Å². The molecule has 0 unspecified atom stereocenters. The molecule has 0 N–H and O–H groups in total. The molecule has 1 aromatic carbocycles. The molecule has 2 bridgehead atoms. The quantitative estimate of drug-likeness (QED) is 0.791. The summed E-state index contributed by atoms with van der Waals surface area (Å²) in [6.45, 7) is 8.89. The van der Waals surface area contributed by atoms with Crippen molar-refractivity contribution >= 4 is 5.69 Å². The summed E-state index contributed by atoms with van der Waals surface area (Å²) in [7, 11) is 0. The van der Waals surface area contributed by atoms with Crippen molar-refractivity contribution in [3.63, 3.8) is 0 Å². The molecular formula is C19H23N3. The van der Waals surface area contributed by atoms with Crippen LogP contribution in [0.3, 0.4) is 0 Å². The number of fused-ring (bicyclic) bond motifs is 2. The molecule has 0 amide bonds. The lowest BCUT2D eigenvalue weighted by molar-refractivity contribution is 0.451. The molecule has 3 heteroatoms. The van der Waals surface area contributed by atoms with Gasteiger partial charge in [0.2, 0.25) is 0 Å². The molecule has 0 saturated carbocycles. The van der Waals surface area contributed by atoms with Crippen LogP contribution in [0, 0.1) is 0 Å². The van der Waals surface area contributed by atoms with E-state index in [1.165, 1.54) is 29.8 Å². The molecule has 0 radical (unpaired) electrons. The van der Waals surface area contributed by atoms with E-state index in [0.717, 1.165) is 24.6 Å². The first kappa shape index (κ1) is 13.7. The summed E-state index contributed by atoms with van der Waals surface area (Å²) in [5.74, 6) is 1.59. The lowest BCUT2D eigenvalue weighted by atomic mass is 9.84. The maximum absolute atomic E-state index is 5.00. The molecule has 22 heavy (non-hydrogen) atoms. The third kappa shape index (κ3) is 2.11. The molecule has 3 aliphatic heterocycles. The lowest BCUT2D eigenvalue weighted by Gasteiger charge is -2.42. The number of nitrogens with zero attached hydrogens (tertiary/aromatic N) is 3. The van der Waals surface area contributed by atoms with Crippen LogP contribution >= 0.6 is 0 Å². The fraction of sp³-hybridized carbons (Fsp3) is 0.474. The fourth-order valence-corrected chi connectivity index (χ4v) is 3.58. The third-order valence-electron chi connectivity index (χ3n) is 4.83. The van der Waals surface area contributed by atoms with Crippen LogP contribution in [-0.2, 0) is 5.41 Å². The van der Waals surface area contributed by atoms with Gasteiger partial charge in [0.25, 0.3) is 0 Å². The smallest absolute Gasteiger partial charge is 0.134 e. The van der Waals surface area contributed by atoms with Crippen LogP contribution < -0.4 is 4.90 Å². The number of anilines is 1. The van der Waals surface area contributed by atoms with Gasteiger partial charge in [0.05, 0.1) is 17.1 Å². The van der Waals surface area contributed by atoms with Crippen LogP contribution in [0.2, 0.25) is 0 Å². The second-order valence-corrected chi connectivity index (χ2v) is 7.51. The van der Waals surface area contributed by atoms with Crippen molar-refractivity contribution < 1.29 is 0 Å². The Kier molecular flexibility index (Phi) is 3.00. The van der Waals surface area contributed by atoms with Crippen molar-refractivity contribution in [2.75, 3.05) is 18.0 Å². The summed E-state index contributed by atoms with van der Waals surface area (Å²) < 4.78 is 0. The summed E-state index contributed by atoms with van der Waals surface area (Å²) in [5, 5.41) is 0. The molecule has 0 aliphatic carbocycles. The Hall–Kier alpha value is -1.90. The first-order valence-electron chi connectivity index (χ1n) is 8.27. The Balaban J connectivity index is 1.98. The van der Waals surface area contributed by atoms with Crippen molar-refractivity contribution in [1.29, 1.82) is 0 Å². The first-order chi connectivity index (χ1) is 10.5. The number of benzene rings is 1. The van der Waals surface area contributed by atoms with Crippen LogP contribution in [0.25, 0.3) is 11.3 Å². The zero-order chi connectivity index (χ0) is 15.3. The molecule has 1 saturated heterocycles. The molecule has 1 fully saturated rings. The highest BCUT2D eigenvalue weighted by Crippen LogP contribution is 2.46. The third-order valence-corrected chi connectivity index (χ3v) is 4.83. The van der Waals surface area contributed by atoms with Gasteiger partial charge in [0.1, 0.15) is 5.82 Å². The van der Waals surface area contributed by atoms with Gasteiger partial charge in [-0.1, -0.05) is 51.1 Å². The number of hydrogen-bond acceptors (Lipinski definition) is 3. The van der Waals surface area contributed by atoms with Gasteiger partial charge in [-0.25, -0.2) is 9.97 Å². The van der Waals surface area contributed by atoms with Crippen LogP contribution in [0.15, 0.2) is 30.3 Å². The van der Waals surface area contributed by atoms with Gasteiger partial charge in [-0.15, -0.1) is 0 Å². The fourth-order valence-electron chi connectivity index (χ4n) is 3.58. The maximum atomic E-state index is 5.00. The van der Waals surface area contributed by atoms with E-state index in [-0.39, 0.29) is 5.41 Å². The molecule has 2 aromatic rings. The van der Waals surface area contributed by atoms with Crippen LogP contribution in [0.1, 0.15) is 51.0 Å². The average Bonchev–Trinajstić information content (AvgIpc) is 2.55. The van der Waals surface area contributed by atoms with Crippen molar-refractivity contribution in [2.24, 2.45) is 0 Å². The zero-order valence-corrected chi connectivity index (χ0v) is 13.6. The van der Waals surface area contributed by atoms with Crippen LogP contribution in [-0.4, -0.2) is 23.1 Å². The Labute approximate surface area is 132 Å². The van der Waals surface area contributed by atoms with Crippen molar-refractivity contribution in [3.8, 4) is 11.3 Å². The van der Waals surface area contributed by atoms with E-state index in [0.29, 0.717) is 5.92 Å². The predicted molar refractivity (Wildman–Crippen MR) is 90.4 cm³/mol. The summed E-state index contributed by atoms with van der Waals surface area (Å²) in [5.41, 5.74) is 4.89. The Morgan fingerprint density at radius 1 is 1.00 bits per heavy atom. The van der Waals surface area contributed by atoms with Gasteiger partial charge in [-0.2, -0.15) is 0 Å². The van der Waals surface area contributed by atoms with Crippen molar-refractivity contribution in [2.45, 2.75) is 44.9 Å². The van der Waals surface area contributed by atoms with Gasteiger partial charge in [0.15, 0.2) is 0 Å². The number of hydrogen-bond donors (Lipinski definition) is 0. The highest BCUT2D eigenvalue weighted by Gasteiger charge is 2.36. The Morgan fingerprint density at radius 2 is 1.68 bits per heavy atom. The molecule has 4 heterocycles. The second-order valence-electron chi connectivity index (χ2n) is 7.51. The molecule has 0 spiro atoms. The van der Waals surface area contributed by atoms with Crippen LogP contribution in [0.4, 0.5) is 5.69 Å². The topological polar surface area (TPSA) is 29.0 Å². The molecule has 114 valence electrons. The van der Waals surface area contributed by atoms with Crippen molar-refractivity contribution in [1.82, 2.24) is 9.97 Å². The highest BCUT2D eigenvalue weighted by molar-refractivity contribution is 5.78. The van der Waals surface area contributed by atoms with E-state index in [9.17, 15) is 0 Å². The minimum absolute atomic E-state index is 0.0232. The monoisotopic (exact) mass is 293 g/mol. The van der Waals surface area contributed by atoms with E-state index in [1.807, 2.05) is 0 Å². The summed E-state index contributed by atoms with van der Waals surface area (Å²) >= 11 is 0. The maximum Gasteiger partial charge on any atom is 0.134 e. The molecule has 0 atom stereocenters. The second kappa shape index (κ2) is 4.80. The summed E-state index contributed by atoms with van der Waals surface area (Å²) in [4.78, 5) is 12.5. The molecule has 3 nitrogen and oxygen atoms in total. The van der Waals surface area contributed by atoms with Gasteiger partial charge in [-0.05, 0) is 12.8 Å². The number of rotatable bonds is 1. The Morgan fingerprint density at radius 3 is 2.32 bits per heavy atom. The molecule has 1 aromatic heterocycles. The number of aromatic nitrogens is 2. The zero-order valence-electron chi connectivity index (χ0n) is 13.6. The molecule has 3 aliphatic rings. The summed E-state index contributed by atoms with van der Waals surface area (Å²) in [6.07, 6.45) is 2.48. The predicted octanol–water partition coefficient (Wildman–Crippen LogP) is 4.14. The molecular weight excluding hydrogens is 270 g/mol. The largest absolute Gasteiger partial charge is 0.368 e. The van der Waals surface area contributed by atoms with Gasteiger partial charge in [0, 0.05) is 30.0 Å². The number of piperidine rings is 1. The van der Waals surface area contributed by atoms with Crippen molar-refractivity contribution in [3.05, 3.63) is 41.9 Å². The molecule has 5 rings (SSSR count). The van der Waals surface area contributed by atoms with E-state index in [1.54, 1.807) is 0 Å². The van der Waals surface area contributed by atoms with Gasteiger partial charge in [-0.3, -0.25) is 0 Å². The standard InChI is InChI=1S/C19H23N3/c1-19(2,3)18-20-15(13-7-5-4-6-8-13)17-16(21-18)14-9-11-22(17)12-10-14/h4-8,14H,9-12H2,1-3H3. The SMILES string of the molecule is CC(C)(C)c1nc(-c2ccccc2)c2c(n1)C1CCN2CC1. The van der Waals surface area contributed by atoms with Gasteiger partial charge >= 0.3 is 0 Å². The van der Waals surface area contributed by atoms with E-state index in [2.05, 4.69) is 56.0 Å². The van der Waals surface area contributed by atoms with Crippen LogP contribution in [0.5, 0.6) is 0 Å². The normalized spacial score (nSPS) is 17.7. The minimum Gasteiger partial charge on any atom is -0.368 e. The van der Waals surface area contributed by atoms with E-state index < -0.39 is 0 Å². The summed E-state index contributed by atoms with van der Waals surface area (Å²) in [6, 6.07) is 10.6. The van der Waals surface area contributed by atoms with E-state index >= 15 is 0 Å². The minimum atomic E-state index is -0.0232. The average molecular weight is 293 g/mol. The first-order valence-corrected chi connectivity index (χ1v) is 8.27. The lowest BCUT2D eigenvalue weighted by Crippen LogP contribution is -2.40. The Bertz CT molecular complexity index is 693. The highest BCUT2D eigenvalue weighted by atomic mass is 15.2.